The molecule has 0 aliphatic carbocycles. The van der Waals surface area contributed by atoms with E-state index in [0.717, 1.165) is 18.4 Å². The lowest BCUT2D eigenvalue weighted by molar-refractivity contribution is -0.137. The highest BCUT2D eigenvalue weighted by Crippen LogP contribution is 2.23. The van der Waals surface area contributed by atoms with E-state index in [2.05, 4.69) is 19.2 Å². The number of carboxylic acids is 1. The van der Waals surface area contributed by atoms with Crippen molar-refractivity contribution in [1.82, 2.24) is 10.2 Å². The van der Waals surface area contributed by atoms with Gasteiger partial charge in [-0.25, -0.2) is 0 Å². The predicted octanol–water partition coefficient (Wildman–Crippen LogP) is 2.62. The molecule has 0 radical (unpaired) electrons. The van der Waals surface area contributed by atoms with Gasteiger partial charge in [0, 0.05) is 31.5 Å². The molecule has 2 atom stereocenters. The van der Waals surface area contributed by atoms with Crippen LogP contribution in [0.5, 0.6) is 0 Å². The molecule has 0 saturated carbocycles. The third-order valence-corrected chi connectivity index (χ3v) is 5.29. The molecule has 6 nitrogen and oxygen atoms in total. The number of benzene rings is 1. The molecule has 1 fully saturated rings. The Morgan fingerprint density at radius 1 is 1.22 bits per heavy atom. The number of hydrogen-bond donors (Lipinski definition) is 2. The Kier molecular flexibility index (Phi) is 7.82. The minimum atomic E-state index is -0.877. The standard InChI is InChI=1S/C21H30N2O4/c1-3-18(4-2)23-14-16(13-19(23)24)21(27)22-17(10-11-20(25)26)12-15-8-6-5-7-9-15/h5-9,16-18H,3-4,10-14H2,1-2H3,(H,22,27)(H,25,26). The van der Waals surface area contributed by atoms with Crippen LogP contribution < -0.4 is 5.32 Å². The monoisotopic (exact) mass is 374 g/mol. The Hall–Kier alpha value is -2.37. The van der Waals surface area contributed by atoms with Gasteiger partial charge in [0.05, 0.1) is 5.92 Å². The number of carbonyl (C=O) groups is 3. The minimum Gasteiger partial charge on any atom is -0.481 e. The fraction of sp³-hybridized carbons (Fsp3) is 0.571. The number of carboxylic acid groups (broad SMARTS) is 1. The molecule has 1 aromatic rings. The zero-order chi connectivity index (χ0) is 19.8. The molecule has 6 heteroatoms. The van der Waals surface area contributed by atoms with Crippen molar-refractivity contribution in [1.29, 1.82) is 0 Å². The van der Waals surface area contributed by atoms with Crippen molar-refractivity contribution in [2.45, 2.75) is 64.5 Å². The molecular formula is C21H30N2O4. The second kappa shape index (κ2) is 10.1. The van der Waals surface area contributed by atoms with Crippen LogP contribution in [0, 0.1) is 5.92 Å². The third kappa shape index (κ3) is 6.08. The average molecular weight is 374 g/mol. The highest BCUT2D eigenvalue weighted by Gasteiger charge is 2.37. The molecule has 1 aliphatic heterocycles. The van der Waals surface area contributed by atoms with Crippen molar-refractivity contribution in [3.8, 4) is 0 Å². The van der Waals surface area contributed by atoms with Crippen LogP contribution in [0.1, 0.15) is 51.5 Å². The largest absolute Gasteiger partial charge is 0.481 e. The van der Waals surface area contributed by atoms with E-state index in [1.165, 1.54) is 0 Å². The summed E-state index contributed by atoms with van der Waals surface area (Å²) in [4.78, 5) is 37.8. The topological polar surface area (TPSA) is 86.7 Å². The van der Waals surface area contributed by atoms with Gasteiger partial charge in [0.15, 0.2) is 0 Å². The van der Waals surface area contributed by atoms with Gasteiger partial charge in [-0.3, -0.25) is 14.4 Å². The summed E-state index contributed by atoms with van der Waals surface area (Å²) in [5.74, 6) is -1.35. The van der Waals surface area contributed by atoms with Gasteiger partial charge in [-0.1, -0.05) is 44.2 Å². The SMILES string of the molecule is CCC(CC)N1CC(C(=O)NC(CCC(=O)O)Cc2ccccc2)CC1=O. The molecule has 148 valence electrons. The quantitative estimate of drug-likeness (QED) is 0.659. The van der Waals surface area contributed by atoms with Gasteiger partial charge in [-0.15, -0.1) is 0 Å². The fourth-order valence-corrected chi connectivity index (χ4v) is 3.73. The highest BCUT2D eigenvalue weighted by molar-refractivity contribution is 5.89. The maximum absolute atomic E-state index is 12.7. The number of likely N-dealkylation sites (tertiary alicyclic amines) is 1. The van der Waals surface area contributed by atoms with Crippen molar-refractivity contribution in [2.24, 2.45) is 5.92 Å². The van der Waals surface area contributed by atoms with Crippen LogP contribution in [0.25, 0.3) is 0 Å². The first kappa shape index (κ1) is 20.9. The lowest BCUT2D eigenvalue weighted by Crippen LogP contribution is -2.42. The number of nitrogens with zero attached hydrogens (tertiary/aromatic N) is 1. The summed E-state index contributed by atoms with van der Waals surface area (Å²) in [5, 5.41) is 12.0. The normalized spacial score (nSPS) is 18.0. The van der Waals surface area contributed by atoms with Gasteiger partial charge in [-0.05, 0) is 31.2 Å². The molecule has 0 aromatic heterocycles. The third-order valence-electron chi connectivity index (χ3n) is 5.29. The summed E-state index contributed by atoms with van der Waals surface area (Å²) in [6.07, 6.45) is 2.95. The predicted molar refractivity (Wildman–Crippen MR) is 103 cm³/mol. The van der Waals surface area contributed by atoms with E-state index in [1.807, 2.05) is 35.2 Å². The van der Waals surface area contributed by atoms with Gasteiger partial charge in [0.25, 0.3) is 0 Å². The molecule has 0 bridgehead atoms. The number of aliphatic carboxylic acids is 1. The molecule has 2 N–H and O–H groups in total. The summed E-state index contributed by atoms with van der Waals surface area (Å²) in [7, 11) is 0. The minimum absolute atomic E-state index is 0.00124. The summed E-state index contributed by atoms with van der Waals surface area (Å²) in [6, 6.07) is 9.63. The lowest BCUT2D eigenvalue weighted by Gasteiger charge is -2.26. The second-order valence-corrected chi connectivity index (χ2v) is 7.25. The first-order valence-electron chi connectivity index (χ1n) is 9.80. The van der Waals surface area contributed by atoms with Gasteiger partial charge in [-0.2, -0.15) is 0 Å². The van der Waals surface area contributed by atoms with Crippen LogP contribution >= 0.6 is 0 Å². The van der Waals surface area contributed by atoms with Crippen LogP contribution in [0.3, 0.4) is 0 Å². The van der Waals surface area contributed by atoms with Crippen LogP contribution in [-0.4, -0.2) is 46.4 Å². The molecule has 2 amide bonds. The second-order valence-electron chi connectivity index (χ2n) is 7.25. The van der Waals surface area contributed by atoms with Crippen molar-refractivity contribution < 1.29 is 19.5 Å². The molecule has 2 unspecified atom stereocenters. The molecule has 1 aromatic carbocycles. The van der Waals surface area contributed by atoms with E-state index in [4.69, 9.17) is 5.11 Å². The van der Waals surface area contributed by atoms with Crippen LogP contribution in [0.15, 0.2) is 30.3 Å². The van der Waals surface area contributed by atoms with E-state index in [0.29, 0.717) is 19.4 Å². The number of amides is 2. The number of rotatable bonds is 10. The summed E-state index contributed by atoms with van der Waals surface area (Å²) in [6.45, 7) is 4.56. The maximum Gasteiger partial charge on any atom is 0.303 e. The van der Waals surface area contributed by atoms with E-state index in [9.17, 15) is 14.4 Å². The number of nitrogens with one attached hydrogen (secondary N) is 1. The zero-order valence-electron chi connectivity index (χ0n) is 16.2. The van der Waals surface area contributed by atoms with E-state index in [-0.39, 0.29) is 42.7 Å². The highest BCUT2D eigenvalue weighted by atomic mass is 16.4. The van der Waals surface area contributed by atoms with Crippen LogP contribution in [-0.2, 0) is 20.8 Å². The van der Waals surface area contributed by atoms with Crippen LogP contribution in [0.2, 0.25) is 0 Å². The Morgan fingerprint density at radius 2 is 1.89 bits per heavy atom. The smallest absolute Gasteiger partial charge is 0.303 e. The molecule has 1 saturated heterocycles. The maximum atomic E-state index is 12.7. The molecule has 27 heavy (non-hydrogen) atoms. The molecule has 0 spiro atoms. The molecule has 1 aliphatic rings. The van der Waals surface area contributed by atoms with Gasteiger partial charge in [0.2, 0.25) is 11.8 Å². The Balaban J connectivity index is 2.00. The van der Waals surface area contributed by atoms with E-state index in [1.54, 1.807) is 0 Å². The van der Waals surface area contributed by atoms with Crippen LogP contribution in [0.4, 0.5) is 0 Å². The average Bonchev–Trinajstić information content (AvgIpc) is 3.03. The van der Waals surface area contributed by atoms with Gasteiger partial charge in [0.1, 0.15) is 0 Å². The van der Waals surface area contributed by atoms with E-state index >= 15 is 0 Å². The summed E-state index contributed by atoms with van der Waals surface area (Å²) >= 11 is 0. The lowest BCUT2D eigenvalue weighted by atomic mass is 10.00. The summed E-state index contributed by atoms with van der Waals surface area (Å²) in [5.41, 5.74) is 1.05. The Labute approximate surface area is 160 Å². The Morgan fingerprint density at radius 3 is 2.48 bits per heavy atom. The first-order chi connectivity index (χ1) is 12.9. The molecule has 1 heterocycles. The number of hydrogen-bond acceptors (Lipinski definition) is 3. The molecular weight excluding hydrogens is 344 g/mol. The summed E-state index contributed by atoms with van der Waals surface area (Å²) < 4.78 is 0. The van der Waals surface area contributed by atoms with Gasteiger partial charge < -0.3 is 15.3 Å². The van der Waals surface area contributed by atoms with E-state index < -0.39 is 5.97 Å². The Bertz CT molecular complexity index is 643. The van der Waals surface area contributed by atoms with Crippen molar-refractivity contribution in [3.63, 3.8) is 0 Å². The first-order valence-corrected chi connectivity index (χ1v) is 9.80. The van der Waals surface area contributed by atoms with Crippen molar-refractivity contribution in [2.75, 3.05) is 6.54 Å². The van der Waals surface area contributed by atoms with Gasteiger partial charge >= 0.3 is 5.97 Å². The fourth-order valence-electron chi connectivity index (χ4n) is 3.73. The molecule has 2 rings (SSSR count). The zero-order valence-corrected chi connectivity index (χ0v) is 16.2. The van der Waals surface area contributed by atoms with Crippen molar-refractivity contribution >= 4 is 17.8 Å². The number of carbonyl (C=O) groups excluding carboxylic acids is 2. The van der Waals surface area contributed by atoms with Crippen molar-refractivity contribution in [3.05, 3.63) is 35.9 Å².